The Hall–Kier alpha value is -1.92. The van der Waals surface area contributed by atoms with Gasteiger partial charge in [0.2, 0.25) is 0 Å². The molecule has 7 heteroatoms. The Kier molecular flexibility index (Phi) is 5.39. The minimum Gasteiger partial charge on any atom is -0.339 e. The number of hydrogen-bond acceptors (Lipinski definition) is 3. The smallest absolute Gasteiger partial charge is 0.257 e. The van der Waals surface area contributed by atoms with Crippen LogP contribution >= 0.6 is 11.6 Å². The van der Waals surface area contributed by atoms with E-state index < -0.39 is 0 Å². The van der Waals surface area contributed by atoms with Crippen LogP contribution in [0.3, 0.4) is 0 Å². The van der Waals surface area contributed by atoms with Gasteiger partial charge in [0, 0.05) is 56.6 Å². The number of piperidine rings is 1. The largest absolute Gasteiger partial charge is 0.339 e. The second kappa shape index (κ2) is 7.54. The number of halogens is 2. The molecule has 134 valence electrons. The van der Waals surface area contributed by atoms with Gasteiger partial charge in [0.1, 0.15) is 5.82 Å². The first-order valence-electron chi connectivity index (χ1n) is 8.36. The van der Waals surface area contributed by atoms with Crippen LogP contribution in [0.4, 0.5) is 4.39 Å². The van der Waals surface area contributed by atoms with E-state index in [4.69, 9.17) is 11.6 Å². The minimum atomic E-state index is -0.265. The highest BCUT2D eigenvalue weighted by molar-refractivity contribution is 6.31. The number of aromatic nitrogens is 2. The lowest BCUT2D eigenvalue weighted by Gasteiger charge is -2.36. The number of amides is 1. The van der Waals surface area contributed by atoms with Gasteiger partial charge < -0.3 is 4.90 Å². The lowest BCUT2D eigenvalue weighted by atomic mass is 10.0. The lowest BCUT2D eigenvalue weighted by molar-refractivity contribution is 0.0635. The summed E-state index contributed by atoms with van der Waals surface area (Å²) >= 11 is 6.11. The van der Waals surface area contributed by atoms with Crippen LogP contribution in [0, 0.1) is 5.82 Å². The van der Waals surface area contributed by atoms with Gasteiger partial charge in [-0.15, -0.1) is 0 Å². The molecule has 0 bridgehead atoms. The summed E-state index contributed by atoms with van der Waals surface area (Å²) in [6, 6.07) is 4.95. The number of benzene rings is 1. The number of aryl methyl sites for hydroxylation is 1. The zero-order chi connectivity index (χ0) is 18.0. The van der Waals surface area contributed by atoms with Gasteiger partial charge in [-0.25, -0.2) is 4.39 Å². The van der Waals surface area contributed by atoms with Crippen molar-refractivity contribution in [3.8, 4) is 0 Å². The third-order valence-corrected chi connectivity index (χ3v) is 5.17. The van der Waals surface area contributed by atoms with Gasteiger partial charge in [-0.05, 0) is 25.0 Å². The topological polar surface area (TPSA) is 41.4 Å². The summed E-state index contributed by atoms with van der Waals surface area (Å²) in [7, 11) is 3.63. The highest BCUT2D eigenvalue weighted by Crippen LogP contribution is 2.24. The summed E-state index contributed by atoms with van der Waals surface area (Å²) in [4.78, 5) is 16.5. The van der Waals surface area contributed by atoms with E-state index in [2.05, 4.69) is 10.00 Å². The molecule has 1 aliphatic rings. The van der Waals surface area contributed by atoms with Gasteiger partial charge in [-0.3, -0.25) is 14.4 Å². The predicted molar refractivity (Wildman–Crippen MR) is 95.0 cm³/mol. The third kappa shape index (κ3) is 4.02. The number of hydrogen-bond donors (Lipinski definition) is 0. The molecule has 0 unspecified atom stereocenters. The summed E-state index contributed by atoms with van der Waals surface area (Å²) in [6.45, 7) is 2.11. The van der Waals surface area contributed by atoms with Crippen molar-refractivity contribution in [3.05, 3.63) is 52.6 Å². The summed E-state index contributed by atoms with van der Waals surface area (Å²) in [5.74, 6) is -0.276. The number of likely N-dealkylation sites (tertiary alicyclic amines) is 1. The highest BCUT2D eigenvalue weighted by Gasteiger charge is 2.27. The third-order valence-electron chi connectivity index (χ3n) is 4.82. The van der Waals surface area contributed by atoms with Crippen LogP contribution in [0.5, 0.6) is 0 Å². The van der Waals surface area contributed by atoms with Crippen LogP contribution in [0.2, 0.25) is 5.02 Å². The average Bonchev–Trinajstić information content (AvgIpc) is 3.04. The molecule has 1 aromatic heterocycles. The number of carbonyl (C=O) groups is 1. The second-order valence-electron chi connectivity index (χ2n) is 6.53. The van der Waals surface area contributed by atoms with E-state index in [-0.39, 0.29) is 17.8 Å². The number of rotatable bonds is 4. The van der Waals surface area contributed by atoms with Crippen molar-refractivity contribution in [2.45, 2.75) is 25.4 Å². The predicted octanol–water partition coefficient (Wildman–Crippen LogP) is 2.95. The fraction of sp³-hybridized carbons (Fsp3) is 0.444. The summed E-state index contributed by atoms with van der Waals surface area (Å²) in [5, 5.41) is 4.52. The van der Waals surface area contributed by atoms with E-state index >= 15 is 0 Å². The monoisotopic (exact) mass is 364 g/mol. The first-order valence-corrected chi connectivity index (χ1v) is 8.74. The minimum absolute atomic E-state index is 0.0105. The Morgan fingerprint density at radius 2 is 2.12 bits per heavy atom. The number of carbonyl (C=O) groups excluding carboxylic acids is 1. The van der Waals surface area contributed by atoms with Crippen LogP contribution in [0.15, 0.2) is 30.6 Å². The van der Waals surface area contributed by atoms with Crippen LogP contribution in [-0.4, -0.2) is 51.7 Å². The number of nitrogens with zero attached hydrogens (tertiary/aromatic N) is 4. The normalized spacial score (nSPS) is 16.2. The fourth-order valence-electron chi connectivity index (χ4n) is 3.27. The van der Waals surface area contributed by atoms with Gasteiger partial charge in [0.15, 0.2) is 0 Å². The van der Waals surface area contributed by atoms with Crippen molar-refractivity contribution in [1.29, 1.82) is 0 Å². The Labute approximate surface area is 152 Å². The maximum atomic E-state index is 13.9. The fourth-order valence-corrected chi connectivity index (χ4v) is 3.50. The molecule has 2 heterocycles. The quantitative estimate of drug-likeness (QED) is 0.837. The van der Waals surface area contributed by atoms with Crippen LogP contribution < -0.4 is 0 Å². The molecule has 1 aliphatic heterocycles. The van der Waals surface area contributed by atoms with Crippen molar-refractivity contribution < 1.29 is 9.18 Å². The van der Waals surface area contributed by atoms with Crippen LogP contribution in [-0.2, 0) is 13.6 Å². The molecule has 0 saturated carbocycles. The molecule has 0 radical (unpaired) electrons. The average molecular weight is 365 g/mol. The SMILES string of the molecule is CN(C(=O)c1cnn(C)c1)C1CCN(Cc2c(F)cccc2Cl)CC1. The van der Waals surface area contributed by atoms with E-state index in [0.717, 1.165) is 25.9 Å². The Morgan fingerprint density at radius 3 is 2.72 bits per heavy atom. The zero-order valence-corrected chi connectivity index (χ0v) is 15.2. The highest BCUT2D eigenvalue weighted by atomic mass is 35.5. The van der Waals surface area contributed by atoms with Gasteiger partial charge in [-0.2, -0.15) is 5.10 Å². The summed E-state index contributed by atoms with van der Waals surface area (Å²) in [5.41, 5.74) is 1.15. The van der Waals surface area contributed by atoms with Crippen LogP contribution in [0.25, 0.3) is 0 Å². The molecule has 5 nitrogen and oxygen atoms in total. The molecule has 1 fully saturated rings. The van der Waals surface area contributed by atoms with Gasteiger partial charge in [-0.1, -0.05) is 17.7 Å². The van der Waals surface area contributed by atoms with E-state index in [1.807, 2.05) is 7.05 Å². The Bertz CT molecular complexity index is 735. The van der Waals surface area contributed by atoms with Crippen molar-refractivity contribution in [3.63, 3.8) is 0 Å². The van der Waals surface area contributed by atoms with E-state index in [9.17, 15) is 9.18 Å². The summed E-state index contributed by atoms with van der Waals surface area (Å²) in [6.07, 6.45) is 5.03. The molecule has 0 spiro atoms. The molecule has 0 aliphatic carbocycles. The molecule has 0 atom stereocenters. The summed E-state index contributed by atoms with van der Waals surface area (Å²) < 4.78 is 15.6. The molecular weight excluding hydrogens is 343 g/mol. The molecule has 3 rings (SSSR count). The van der Waals surface area contributed by atoms with Crippen molar-refractivity contribution >= 4 is 17.5 Å². The molecule has 0 N–H and O–H groups in total. The van der Waals surface area contributed by atoms with E-state index in [0.29, 0.717) is 22.7 Å². The van der Waals surface area contributed by atoms with Crippen molar-refractivity contribution in [1.82, 2.24) is 19.6 Å². The Morgan fingerprint density at radius 1 is 1.40 bits per heavy atom. The van der Waals surface area contributed by atoms with Crippen LogP contribution in [0.1, 0.15) is 28.8 Å². The first-order chi connectivity index (χ1) is 12.0. The van der Waals surface area contributed by atoms with Crippen molar-refractivity contribution in [2.24, 2.45) is 7.05 Å². The van der Waals surface area contributed by atoms with E-state index in [1.165, 1.54) is 6.07 Å². The molecule has 2 aromatic rings. The standard InChI is InChI=1S/C18H22ClFN4O/c1-22-11-13(10-21-22)18(25)23(2)14-6-8-24(9-7-14)12-15-16(19)4-3-5-17(15)20/h3-5,10-11,14H,6-9,12H2,1-2H3. The molecule has 1 saturated heterocycles. The zero-order valence-electron chi connectivity index (χ0n) is 14.5. The molecular formula is C18H22ClFN4O. The maximum Gasteiger partial charge on any atom is 0.257 e. The molecule has 1 amide bonds. The van der Waals surface area contributed by atoms with Crippen molar-refractivity contribution in [2.75, 3.05) is 20.1 Å². The van der Waals surface area contributed by atoms with Gasteiger partial charge in [0.05, 0.1) is 11.8 Å². The Balaban J connectivity index is 1.57. The van der Waals surface area contributed by atoms with Gasteiger partial charge >= 0.3 is 0 Å². The van der Waals surface area contributed by atoms with Gasteiger partial charge in [0.25, 0.3) is 5.91 Å². The first kappa shape index (κ1) is 17.9. The molecule has 1 aromatic carbocycles. The maximum absolute atomic E-state index is 13.9. The van der Waals surface area contributed by atoms with E-state index in [1.54, 1.807) is 41.2 Å². The molecule has 25 heavy (non-hydrogen) atoms. The lowest BCUT2D eigenvalue weighted by Crippen LogP contribution is -2.45. The second-order valence-corrected chi connectivity index (χ2v) is 6.93.